The summed E-state index contributed by atoms with van der Waals surface area (Å²) < 4.78 is 5.90. The van der Waals surface area contributed by atoms with Gasteiger partial charge in [-0.15, -0.1) is 0 Å². The van der Waals surface area contributed by atoms with Gasteiger partial charge in [0.15, 0.2) is 14.7 Å². The molecule has 3 aromatic rings. The number of carbonyl (C=O) groups is 1. The highest BCUT2D eigenvalue weighted by Crippen LogP contribution is 2.34. The first-order valence-corrected chi connectivity index (χ1v) is 11.6. The van der Waals surface area contributed by atoms with E-state index in [2.05, 4.69) is 72.8 Å². The van der Waals surface area contributed by atoms with Crippen LogP contribution in [0.1, 0.15) is 37.0 Å². The predicted octanol–water partition coefficient (Wildman–Crippen LogP) is 6.68. The summed E-state index contributed by atoms with van der Waals surface area (Å²) in [5.41, 5.74) is 0.125. The van der Waals surface area contributed by atoms with Crippen molar-refractivity contribution in [1.82, 2.24) is 0 Å². The van der Waals surface area contributed by atoms with Crippen LogP contribution in [0.2, 0.25) is 0 Å². The minimum atomic E-state index is -0.475. The van der Waals surface area contributed by atoms with E-state index in [9.17, 15) is 4.79 Å². The Kier molecular flexibility index (Phi) is 6.10. The molecule has 1 aliphatic rings. The second kappa shape index (κ2) is 8.93. The van der Waals surface area contributed by atoms with Crippen molar-refractivity contribution in [3.8, 4) is 0 Å². The second-order valence-corrected chi connectivity index (χ2v) is 10.1. The number of esters is 1. The maximum absolute atomic E-state index is 12.8. The van der Waals surface area contributed by atoms with Crippen LogP contribution in [0.5, 0.6) is 0 Å². The van der Waals surface area contributed by atoms with Gasteiger partial charge >= 0.3 is 5.97 Å². The zero-order valence-corrected chi connectivity index (χ0v) is 18.3. The highest BCUT2D eigenvalue weighted by Gasteiger charge is 2.34. The molecule has 0 saturated heterocycles. The number of benzene rings is 3. The number of rotatable bonds is 6. The van der Waals surface area contributed by atoms with Crippen molar-refractivity contribution >= 4 is 16.9 Å². The molecule has 0 bridgehead atoms. The summed E-state index contributed by atoms with van der Waals surface area (Å²) in [7, 11) is -0.217. The fourth-order valence-corrected chi connectivity index (χ4v) is 5.90. The van der Waals surface area contributed by atoms with Crippen LogP contribution < -0.4 is 0 Å². The molecule has 3 heteroatoms. The van der Waals surface area contributed by atoms with E-state index in [0.717, 1.165) is 12.8 Å². The Bertz CT molecular complexity index is 960. The average Bonchev–Trinajstić information content (AvgIpc) is 3.32. The van der Waals surface area contributed by atoms with Gasteiger partial charge in [-0.25, -0.2) is 4.79 Å². The van der Waals surface area contributed by atoms with Crippen LogP contribution in [0.25, 0.3) is 0 Å². The summed E-state index contributed by atoms with van der Waals surface area (Å²) >= 11 is 0. The van der Waals surface area contributed by atoms with Crippen molar-refractivity contribution in [3.05, 3.63) is 103 Å². The zero-order chi connectivity index (χ0) is 21.0. The summed E-state index contributed by atoms with van der Waals surface area (Å²) in [5.74, 6) is 0.0977. The summed E-state index contributed by atoms with van der Waals surface area (Å²) in [6.45, 7) is 4.03. The quantitative estimate of drug-likeness (QED) is 0.255. The molecular formula is C27H27O2S+. The molecule has 0 spiro atoms. The number of hydrogen-bond donors (Lipinski definition) is 0. The van der Waals surface area contributed by atoms with E-state index in [1.165, 1.54) is 14.7 Å². The van der Waals surface area contributed by atoms with Gasteiger partial charge < -0.3 is 4.74 Å². The molecule has 30 heavy (non-hydrogen) atoms. The Morgan fingerprint density at radius 1 is 0.767 bits per heavy atom. The number of hydrogen-bond acceptors (Lipinski definition) is 2. The molecule has 0 aliphatic heterocycles. The van der Waals surface area contributed by atoms with Crippen molar-refractivity contribution in [1.29, 1.82) is 0 Å². The number of allylic oxidation sites excluding steroid dienone is 2. The van der Waals surface area contributed by atoms with Crippen LogP contribution in [0.3, 0.4) is 0 Å². The lowest BCUT2D eigenvalue weighted by Crippen LogP contribution is -2.35. The normalized spacial score (nSPS) is 14.2. The Morgan fingerprint density at radius 3 is 1.73 bits per heavy atom. The van der Waals surface area contributed by atoms with E-state index in [4.69, 9.17) is 4.74 Å². The number of carbonyl (C=O) groups excluding carboxylic acids is 1. The Balaban J connectivity index is 1.57. The molecule has 152 valence electrons. The Morgan fingerprint density at radius 2 is 1.23 bits per heavy atom. The van der Waals surface area contributed by atoms with Gasteiger partial charge in [0.05, 0.1) is 16.5 Å². The van der Waals surface area contributed by atoms with Gasteiger partial charge in [0, 0.05) is 5.92 Å². The molecule has 0 N–H and O–H groups in total. The highest BCUT2D eigenvalue weighted by molar-refractivity contribution is 7.97. The maximum atomic E-state index is 12.8. The average molecular weight is 416 g/mol. The standard InChI is InChI=1S/C27H27O2S/c1-27(2,22-11-9-10-12-22)29-26(28)21-17-19-25(20-18-21)30(23-13-5-3-6-14-23)24-15-7-4-8-16-24/h3-10,13-20,22H,11-12H2,1-2H3/q+1. The van der Waals surface area contributed by atoms with E-state index in [0.29, 0.717) is 11.5 Å². The lowest BCUT2D eigenvalue weighted by molar-refractivity contribution is -0.0273. The van der Waals surface area contributed by atoms with E-state index >= 15 is 0 Å². The summed E-state index contributed by atoms with van der Waals surface area (Å²) in [5, 5.41) is 0. The second-order valence-electron chi connectivity index (χ2n) is 8.09. The van der Waals surface area contributed by atoms with Crippen LogP contribution in [0.4, 0.5) is 0 Å². The topological polar surface area (TPSA) is 26.3 Å². The molecule has 2 nitrogen and oxygen atoms in total. The van der Waals surface area contributed by atoms with Crippen LogP contribution in [-0.4, -0.2) is 11.6 Å². The molecule has 0 unspecified atom stereocenters. The Labute approximate surface area is 182 Å². The fraction of sp³-hybridized carbons (Fsp3) is 0.222. The maximum Gasteiger partial charge on any atom is 0.338 e. The predicted molar refractivity (Wildman–Crippen MR) is 123 cm³/mol. The molecule has 0 fully saturated rings. The first kappa shape index (κ1) is 20.5. The molecule has 3 aromatic carbocycles. The third-order valence-corrected chi connectivity index (χ3v) is 7.86. The molecule has 0 saturated carbocycles. The van der Waals surface area contributed by atoms with E-state index in [1.807, 2.05) is 38.1 Å². The molecule has 0 amide bonds. The van der Waals surface area contributed by atoms with Gasteiger partial charge in [-0.3, -0.25) is 0 Å². The van der Waals surface area contributed by atoms with Crippen molar-refractivity contribution in [2.75, 3.05) is 0 Å². The highest BCUT2D eigenvalue weighted by atomic mass is 32.2. The summed E-state index contributed by atoms with van der Waals surface area (Å²) in [6.07, 6.45) is 6.28. The monoisotopic (exact) mass is 415 g/mol. The van der Waals surface area contributed by atoms with Crippen LogP contribution in [0.15, 0.2) is 112 Å². The van der Waals surface area contributed by atoms with Crippen LogP contribution in [0, 0.1) is 5.92 Å². The third-order valence-electron chi connectivity index (χ3n) is 5.63. The molecule has 1 aliphatic carbocycles. The van der Waals surface area contributed by atoms with E-state index < -0.39 is 5.60 Å². The first-order chi connectivity index (χ1) is 14.5. The van der Waals surface area contributed by atoms with Crippen molar-refractivity contribution in [2.24, 2.45) is 5.92 Å². The van der Waals surface area contributed by atoms with Crippen molar-refractivity contribution in [3.63, 3.8) is 0 Å². The van der Waals surface area contributed by atoms with Crippen LogP contribution in [-0.2, 0) is 15.6 Å². The third kappa shape index (κ3) is 4.52. The van der Waals surface area contributed by atoms with Crippen LogP contribution >= 0.6 is 0 Å². The SMILES string of the molecule is CC(C)(OC(=O)c1ccc([S+](c2ccccc2)c2ccccc2)cc1)C1CC=CC1. The summed E-state index contributed by atoms with van der Waals surface area (Å²) in [6, 6.07) is 28.9. The fourth-order valence-electron chi connectivity index (χ4n) is 3.81. The molecule has 0 atom stereocenters. The van der Waals surface area contributed by atoms with E-state index in [-0.39, 0.29) is 16.9 Å². The molecule has 0 radical (unpaired) electrons. The minimum Gasteiger partial charge on any atom is -0.456 e. The lowest BCUT2D eigenvalue weighted by atomic mass is 9.88. The minimum absolute atomic E-state index is 0.217. The van der Waals surface area contributed by atoms with Gasteiger partial charge in [0.1, 0.15) is 5.60 Å². The molecule has 4 rings (SSSR count). The zero-order valence-electron chi connectivity index (χ0n) is 17.5. The number of ether oxygens (including phenoxy) is 1. The smallest absolute Gasteiger partial charge is 0.338 e. The van der Waals surface area contributed by atoms with E-state index in [1.54, 1.807) is 0 Å². The van der Waals surface area contributed by atoms with Crippen molar-refractivity contribution < 1.29 is 9.53 Å². The van der Waals surface area contributed by atoms with Gasteiger partial charge in [-0.1, -0.05) is 48.6 Å². The van der Waals surface area contributed by atoms with Gasteiger partial charge in [-0.2, -0.15) is 0 Å². The first-order valence-electron chi connectivity index (χ1n) is 10.4. The molecule has 0 aromatic heterocycles. The van der Waals surface area contributed by atoms with Gasteiger partial charge in [0.25, 0.3) is 0 Å². The van der Waals surface area contributed by atoms with Gasteiger partial charge in [0.2, 0.25) is 0 Å². The molecule has 0 heterocycles. The lowest BCUT2D eigenvalue weighted by Gasteiger charge is -2.31. The summed E-state index contributed by atoms with van der Waals surface area (Å²) in [4.78, 5) is 16.5. The largest absolute Gasteiger partial charge is 0.456 e. The molecular weight excluding hydrogens is 388 g/mol. The van der Waals surface area contributed by atoms with Gasteiger partial charge in [-0.05, 0) is 75.2 Å². The Hall–Kier alpha value is -2.78. The van der Waals surface area contributed by atoms with Crippen molar-refractivity contribution in [2.45, 2.75) is 47.0 Å².